The maximum Gasteiger partial charge on any atom is 0.241 e. The molecule has 0 saturated carbocycles. The summed E-state index contributed by atoms with van der Waals surface area (Å²) in [6.45, 7) is 2.65. The van der Waals surface area contributed by atoms with Crippen molar-refractivity contribution in [3.8, 4) is 0 Å². The Morgan fingerprint density at radius 2 is 2.35 bits per heavy atom. The molecule has 2 heterocycles. The van der Waals surface area contributed by atoms with Crippen LogP contribution >= 0.6 is 0 Å². The quantitative estimate of drug-likeness (QED) is 0.820. The zero-order chi connectivity index (χ0) is 14.4. The first-order chi connectivity index (χ1) is 9.66. The fourth-order valence-electron chi connectivity index (χ4n) is 1.97. The van der Waals surface area contributed by atoms with Crippen LogP contribution in [0.4, 0.5) is 0 Å². The van der Waals surface area contributed by atoms with E-state index in [9.17, 15) is 4.79 Å². The van der Waals surface area contributed by atoms with E-state index in [1.807, 2.05) is 37.2 Å². The SMILES string of the molecule is CN(CCc1ccccn1)C(=O)CNC1=NCCN1C. The number of aromatic nitrogens is 1. The van der Waals surface area contributed by atoms with Crippen molar-refractivity contribution < 1.29 is 4.79 Å². The summed E-state index contributed by atoms with van der Waals surface area (Å²) in [6.07, 6.45) is 2.54. The molecule has 1 aromatic heterocycles. The van der Waals surface area contributed by atoms with Crippen LogP contribution < -0.4 is 5.32 Å². The molecule has 0 fully saturated rings. The van der Waals surface area contributed by atoms with Gasteiger partial charge >= 0.3 is 0 Å². The van der Waals surface area contributed by atoms with Gasteiger partial charge in [0.1, 0.15) is 0 Å². The van der Waals surface area contributed by atoms with Crippen LogP contribution in [-0.4, -0.2) is 66.9 Å². The van der Waals surface area contributed by atoms with Crippen molar-refractivity contribution in [1.29, 1.82) is 0 Å². The molecule has 20 heavy (non-hydrogen) atoms. The predicted molar refractivity (Wildman–Crippen MR) is 78.5 cm³/mol. The maximum absolute atomic E-state index is 12.0. The minimum absolute atomic E-state index is 0.0592. The smallest absolute Gasteiger partial charge is 0.241 e. The van der Waals surface area contributed by atoms with E-state index in [0.717, 1.165) is 31.2 Å². The van der Waals surface area contributed by atoms with Gasteiger partial charge in [-0.1, -0.05) is 6.07 Å². The number of nitrogens with one attached hydrogen (secondary N) is 1. The molecular formula is C14H21N5O. The van der Waals surface area contributed by atoms with Crippen LogP contribution in [0.3, 0.4) is 0 Å². The average molecular weight is 275 g/mol. The number of guanidine groups is 1. The summed E-state index contributed by atoms with van der Waals surface area (Å²) in [5.74, 6) is 0.861. The number of hydrogen-bond donors (Lipinski definition) is 1. The highest BCUT2D eigenvalue weighted by molar-refractivity contribution is 5.87. The van der Waals surface area contributed by atoms with Gasteiger partial charge in [0.05, 0.1) is 13.1 Å². The largest absolute Gasteiger partial charge is 0.347 e. The van der Waals surface area contributed by atoms with E-state index < -0.39 is 0 Å². The number of aliphatic imine (C=N–C) groups is 1. The Bertz CT molecular complexity index is 474. The molecule has 0 atom stereocenters. The standard InChI is InChI=1S/C14H21N5O/c1-18(9-6-12-5-3-4-7-15-12)13(20)11-17-14-16-8-10-19(14)2/h3-5,7H,6,8-11H2,1-2H3,(H,16,17). The van der Waals surface area contributed by atoms with Gasteiger partial charge in [0.2, 0.25) is 5.91 Å². The van der Waals surface area contributed by atoms with E-state index in [1.165, 1.54) is 0 Å². The number of carbonyl (C=O) groups is 1. The molecule has 0 aromatic carbocycles. The number of likely N-dealkylation sites (N-methyl/N-ethyl adjacent to an activating group) is 2. The van der Waals surface area contributed by atoms with Crippen LogP contribution in [0.1, 0.15) is 5.69 Å². The Balaban J connectivity index is 1.72. The number of amides is 1. The van der Waals surface area contributed by atoms with Crippen LogP contribution in [0.2, 0.25) is 0 Å². The molecule has 6 heteroatoms. The molecule has 0 radical (unpaired) electrons. The molecule has 0 aliphatic carbocycles. The Morgan fingerprint density at radius 3 is 3.00 bits per heavy atom. The van der Waals surface area contributed by atoms with E-state index in [-0.39, 0.29) is 12.5 Å². The lowest BCUT2D eigenvalue weighted by atomic mass is 10.2. The van der Waals surface area contributed by atoms with Gasteiger partial charge in [-0.15, -0.1) is 0 Å². The second-order valence-corrected chi connectivity index (χ2v) is 4.87. The lowest BCUT2D eigenvalue weighted by Crippen LogP contribution is -2.43. The number of pyridine rings is 1. The molecule has 1 aliphatic rings. The first-order valence-electron chi connectivity index (χ1n) is 6.80. The van der Waals surface area contributed by atoms with Crippen LogP contribution in [0, 0.1) is 0 Å². The van der Waals surface area contributed by atoms with E-state index >= 15 is 0 Å². The number of hydrogen-bond acceptors (Lipinski definition) is 5. The topological polar surface area (TPSA) is 60.8 Å². The minimum atomic E-state index is 0.0592. The normalized spacial score (nSPS) is 14.1. The molecule has 108 valence electrons. The number of nitrogens with zero attached hydrogens (tertiary/aromatic N) is 4. The van der Waals surface area contributed by atoms with Crippen molar-refractivity contribution in [3.63, 3.8) is 0 Å². The summed E-state index contributed by atoms with van der Waals surface area (Å²) < 4.78 is 0. The van der Waals surface area contributed by atoms with Crippen LogP contribution in [0.15, 0.2) is 29.4 Å². The highest BCUT2D eigenvalue weighted by Crippen LogP contribution is 1.98. The molecule has 6 nitrogen and oxygen atoms in total. The predicted octanol–water partition coefficient (Wildman–Crippen LogP) is -0.0265. The Kier molecular flexibility index (Phi) is 4.92. The molecule has 0 unspecified atom stereocenters. The molecule has 0 spiro atoms. The molecule has 1 aliphatic heterocycles. The number of rotatable bonds is 5. The summed E-state index contributed by atoms with van der Waals surface area (Å²) in [4.78, 5) is 24.3. The van der Waals surface area contributed by atoms with E-state index in [1.54, 1.807) is 11.1 Å². The average Bonchev–Trinajstić information content (AvgIpc) is 2.88. The van der Waals surface area contributed by atoms with Crippen LogP contribution in [0.25, 0.3) is 0 Å². The van der Waals surface area contributed by atoms with Crippen molar-refractivity contribution in [2.75, 3.05) is 40.3 Å². The Hall–Kier alpha value is -2.11. The van der Waals surface area contributed by atoms with Gasteiger partial charge in [0.25, 0.3) is 0 Å². The van der Waals surface area contributed by atoms with E-state index in [4.69, 9.17) is 0 Å². The molecule has 2 rings (SSSR count). The summed E-state index contributed by atoms with van der Waals surface area (Å²) in [7, 11) is 3.78. The summed E-state index contributed by atoms with van der Waals surface area (Å²) in [5, 5.41) is 3.08. The second-order valence-electron chi connectivity index (χ2n) is 4.87. The summed E-state index contributed by atoms with van der Waals surface area (Å²) >= 11 is 0. The lowest BCUT2D eigenvalue weighted by molar-refractivity contribution is -0.128. The molecule has 1 aromatic rings. The zero-order valence-electron chi connectivity index (χ0n) is 12.0. The molecule has 1 N–H and O–H groups in total. The Morgan fingerprint density at radius 1 is 1.50 bits per heavy atom. The third-order valence-electron chi connectivity index (χ3n) is 3.31. The van der Waals surface area contributed by atoms with Crippen LogP contribution in [-0.2, 0) is 11.2 Å². The van der Waals surface area contributed by atoms with Crippen molar-refractivity contribution in [1.82, 2.24) is 20.1 Å². The third kappa shape index (κ3) is 3.94. The van der Waals surface area contributed by atoms with Gasteiger partial charge in [0.15, 0.2) is 5.96 Å². The fourth-order valence-corrected chi connectivity index (χ4v) is 1.97. The minimum Gasteiger partial charge on any atom is -0.347 e. The van der Waals surface area contributed by atoms with E-state index in [0.29, 0.717) is 6.54 Å². The lowest BCUT2D eigenvalue weighted by Gasteiger charge is -2.19. The maximum atomic E-state index is 12.0. The van der Waals surface area contributed by atoms with Crippen molar-refractivity contribution in [3.05, 3.63) is 30.1 Å². The molecule has 0 bridgehead atoms. The fraction of sp³-hybridized carbons (Fsp3) is 0.500. The zero-order valence-corrected chi connectivity index (χ0v) is 12.0. The van der Waals surface area contributed by atoms with Crippen LogP contribution in [0.5, 0.6) is 0 Å². The van der Waals surface area contributed by atoms with Gasteiger partial charge in [-0.25, -0.2) is 0 Å². The Labute approximate surface area is 119 Å². The van der Waals surface area contributed by atoms with Gasteiger partial charge in [-0.05, 0) is 12.1 Å². The highest BCUT2D eigenvalue weighted by atomic mass is 16.2. The second kappa shape index (κ2) is 6.88. The van der Waals surface area contributed by atoms with E-state index in [2.05, 4.69) is 15.3 Å². The van der Waals surface area contributed by atoms with Gasteiger partial charge in [-0.3, -0.25) is 14.8 Å². The third-order valence-corrected chi connectivity index (χ3v) is 3.31. The summed E-state index contributed by atoms with van der Waals surface area (Å²) in [5.41, 5.74) is 1.00. The van der Waals surface area contributed by atoms with Gasteiger partial charge < -0.3 is 15.1 Å². The first-order valence-corrected chi connectivity index (χ1v) is 6.80. The van der Waals surface area contributed by atoms with Crippen molar-refractivity contribution >= 4 is 11.9 Å². The molecule has 0 saturated heterocycles. The monoisotopic (exact) mass is 275 g/mol. The van der Waals surface area contributed by atoms with Gasteiger partial charge in [-0.2, -0.15) is 0 Å². The number of carbonyl (C=O) groups excluding carboxylic acids is 1. The highest BCUT2D eigenvalue weighted by Gasteiger charge is 2.14. The molecular weight excluding hydrogens is 254 g/mol. The van der Waals surface area contributed by atoms with Gasteiger partial charge in [0, 0.05) is 45.5 Å². The first kappa shape index (κ1) is 14.3. The molecule has 1 amide bonds. The van der Waals surface area contributed by atoms with Crippen molar-refractivity contribution in [2.45, 2.75) is 6.42 Å². The summed E-state index contributed by atoms with van der Waals surface area (Å²) in [6, 6.07) is 5.82. The van der Waals surface area contributed by atoms with Crippen molar-refractivity contribution in [2.24, 2.45) is 4.99 Å².